The average molecular weight is 490 g/mol. The van der Waals surface area contributed by atoms with Crippen molar-refractivity contribution in [2.24, 2.45) is 0 Å². The van der Waals surface area contributed by atoms with Gasteiger partial charge < -0.3 is 10.2 Å². The van der Waals surface area contributed by atoms with Gasteiger partial charge in [0, 0.05) is 5.56 Å². The highest BCUT2D eigenvalue weighted by Gasteiger charge is 2.34. The molecule has 0 unspecified atom stereocenters. The van der Waals surface area contributed by atoms with Crippen LogP contribution in [0.3, 0.4) is 0 Å². The lowest BCUT2D eigenvalue weighted by molar-refractivity contribution is -0.138. The van der Waals surface area contributed by atoms with Gasteiger partial charge in [0.25, 0.3) is 0 Å². The first-order valence-corrected chi connectivity index (χ1v) is 10.5. The van der Waals surface area contributed by atoms with Crippen molar-refractivity contribution in [1.82, 2.24) is 9.78 Å². The van der Waals surface area contributed by atoms with E-state index < -0.39 is 40.7 Å². The van der Waals surface area contributed by atoms with Crippen LogP contribution in [0.4, 0.5) is 22.0 Å². The third-order valence-electron chi connectivity index (χ3n) is 5.89. The van der Waals surface area contributed by atoms with Gasteiger partial charge in [-0.05, 0) is 54.3 Å². The Balaban J connectivity index is 1.99. The molecule has 10 heteroatoms. The summed E-state index contributed by atoms with van der Waals surface area (Å²) in [5.41, 5.74) is -1.54. The molecule has 0 fully saturated rings. The topological polar surface area (TPSA) is 75.3 Å². The molecule has 0 atom stereocenters. The molecule has 0 saturated carbocycles. The van der Waals surface area contributed by atoms with Gasteiger partial charge in [-0.1, -0.05) is 25.1 Å². The van der Waals surface area contributed by atoms with Crippen molar-refractivity contribution in [2.75, 3.05) is 0 Å². The third-order valence-corrected chi connectivity index (χ3v) is 5.89. The van der Waals surface area contributed by atoms with E-state index in [0.29, 0.717) is 18.1 Å². The Bertz CT molecular complexity index is 1470. The van der Waals surface area contributed by atoms with Gasteiger partial charge in [0.1, 0.15) is 28.6 Å². The summed E-state index contributed by atoms with van der Waals surface area (Å²) in [6.07, 6.45) is -4.34. The Morgan fingerprint density at radius 2 is 1.83 bits per heavy atom. The molecule has 182 valence electrons. The van der Waals surface area contributed by atoms with Crippen LogP contribution in [0.1, 0.15) is 39.5 Å². The zero-order chi connectivity index (χ0) is 25.7. The van der Waals surface area contributed by atoms with Crippen molar-refractivity contribution < 1.29 is 37.0 Å². The van der Waals surface area contributed by atoms with E-state index in [9.17, 15) is 27.5 Å². The second-order valence-electron chi connectivity index (χ2n) is 8.05. The lowest BCUT2D eigenvalue weighted by Crippen LogP contribution is -2.14. The molecule has 4 rings (SSSR count). The monoisotopic (exact) mass is 490 g/mol. The fourth-order valence-corrected chi connectivity index (χ4v) is 4.13. The van der Waals surface area contributed by atoms with Gasteiger partial charge in [-0.3, -0.25) is 4.68 Å². The SMILES string of the molecule is CCc1cccc(C(F)(F)F)c1Cn1nc(-c2cc(O)c(C(=O)O)cc2F)c2c(F)c(C)ccc21. The number of aromatic nitrogens is 2. The summed E-state index contributed by atoms with van der Waals surface area (Å²) in [5.74, 6) is -4.18. The van der Waals surface area contributed by atoms with Gasteiger partial charge in [-0.2, -0.15) is 18.3 Å². The molecular formula is C25H19F5N2O3. The number of rotatable bonds is 5. The summed E-state index contributed by atoms with van der Waals surface area (Å²) in [6.45, 7) is 2.79. The number of fused-ring (bicyclic) bond motifs is 1. The number of aromatic carboxylic acids is 1. The van der Waals surface area contributed by atoms with Crippen LogP contribution in [0.5, 0.6) is 5.75 Å². The van der Waals surface area contributed by atoms with Crippen LogP contribution in [0.15, 0.2) is 42.5 Å². The minimum absolute atomic E-state index is 0.0519. The van der Waals surface area contributed by atoms with Gasteiger partial charge in [-0.25, -0.2) is 13.6 Å². The van der Waals surface area contributed by atoms with Crippen molar-refractivity contribution >= 4 is 16.9 Å². The molecule has 0 bridgehead atoms. The van der Waals surface area contributed by atoms with Crippen LogP contribution in [0, 0.1) is 18.6 Å². The van der Waals surface area contributed by atoms with Crippen LogP contribution in [-0.2, 0) is 19.1 Å². The Morgan fingerprint density at radius 1 is 1.11 bits per heavy atom. The molecule has 0 radical (unpaired) electrons. The van der Waals surface area contributed by atoms with Crippen molar-refractivity contribution in [3.8, 4) is 17.0 Å². The standard InChI is InChI=1S/C25H19F5N2O3/c1-3-13-5-4-6-17(25(28,29)30)16(13)11-32-19-8-7-12(2)22(27)21(19)23(31-32)14-10-20(33)15(24(34)35)9-18(14)26/h4-10,33H,3,11H2,1-2H3,(H,34,35). The second kappa shape index (κ2) is 8.68. The van der Waals surface area contributed by atoms with Crippen molar-refractivity contribution in [3.05, 3.63) is 81.9 Å². The molecule has 5 nitrogen and oxygen atoms in total. The molecule has 0 spiro atoms. The van der Waals surface area contributed by atoms with Crippen LogP contribution in [-0.4, -0.2) is 26.0 Å². The quantitative estimate of drug-likeness (QED) is 0.321. The Kier molecular flexibility index (Phi) is 6.00. The molecular weight excluding hydrogens is 471 g/mol. The molecule has 0 saturated heterocycles. The number of aryl methyl sites for hydroxylation is 2. The molecule has 35 heavy (non-hydrogen) atoms. The van der Waals surface area contributed by atoms with E-state index in [1.165, 1.54) is 25.1 Å². The molecule has 3 aromatic carbocycles. The summed E-state index contributed by atoms with van der Waals surface area (Å²) >= 11 is 0. The smallest absolute Gasteiger partial charge is 0.416 e. The Labute approximate surface area is 196 Å². The fourth-order valence-electron chi connectivity index (χ4n) is 4.13. The third kappa shape index (κ3) is 4.20. The number of aromatic hydroxyl groups is 1. The van der Waals surface area contributed by atoms with Crippen LogP contribution < -0.4 is 0 Å². The van der Waals surface area contributed by atoms with Gasteiger partial charge in [0.2, 0.25) is 0 Å². The molecule has 0 aliphatic carbocycles. The molecule has 0 amide bonds. The summed E-state index contributed by atoms with van der Waals surface area (Å²) in [5, 5.41) is 23.3. The van der Waals surface area contributed by atoms with E-state index >= 15 is 4.39 Å². The minimum atomic E-state index is -4.64. The van der Waals surface area contributed by atoms with Crippen molar-refractivity contribution in [2.45, 2.75) is 33.0 Å². The predicted octanol–water partition coefficient (Wildman–Crippen LogP) is 6.32. The second-order valence-corrected chi connectivity index (χ2v) is 8.05. The van der Waals surface area contributed by atoms with Gasteiger partial charge >= 0.3 is 12.1 Å². The van der Waals surface area contributed by atoms with Crippen LogP contribution >= 0.6 is 0 Å². The number of carboxylic acids is 1. The Hall–Kier alpha value is -3.95. The van der Waals surface area contributed by atoms with E-state index in [1.807, 2.05) is 0 Å². The number of phenols is 1. The van der Waals surface area contributed by atoms with E-state index in [1.54, 1.807) is 13.0 Å². The average Bonchev–Trinajstić information content (AvgIpc) is 3.15. The summed E-state index contributed by atoms with van der Waals surface area (Å²) in [4.78, 5) is 11.2. The molecule has 0 aliphatic rings. The number of benzene rings is 3. The molecule has 2 N–H and O–H groups in total. The van der Waals surface area contributed by atoms with Crippen molar-refractivity contribution in [1.29, 1.82) is 0 Å². The molecule has 1 aromatic heterocycles. The summed E-state index contributed by atoms with van der Waals surface area (Å²) in [7, 11) is 0. The number of alkyl halides is 3. The number of halogens is 5. The number of hydrogen-bond donors (Lipinski definition) is 2. The van der Waals surface area contributed by atoms with Crippen LogP contribution in [0.2, 0.25) is 0 Å². The van der Waals surface area contributed by atoms with Crippen LogP contribution in [0.25, 0.3) is 22.2 Å². The highest BCUT2D eigenvalue weighted by Crippen LogP contribution is 2.38. The van der Waals surface area contributed by atoms with Gasteiger partial charge in [0.15, 0.2) is 0 Å². The molecule has 0 aliphatic heterocycles. The lowest BCUT2D eigenvalue weighted by atomic mass is 9.98. The van der Waals surface area contributed by atoms with E-state index in [2.05, 4.69) is 5.10 Å². The van der Waals surface area contributed by atoms with E-state index in [-0.39, 0.29) is 39.8 Å². The first kappa shape index (κ1) is 24.2. The maximum absolute atomic E-state index is 15.2. The number of nitrogens with zero attached hydrogens (tertiary/aromatic N) is 2. The highest BCUT2D eigenvalue weighted by atomic mass is 19.4. The summed E-state index contributed by atoms with van der Waals surface area (Å²) in [6, 6.07) is 8.11. The Morgan fingerprint density at radius 3 is 2.46 bits per heavy atom. The number of carboxylic acid groups (broad SMARTS) is 1. The maximum Gasteiger partial charge on any atom is 0.416 e. The van der Waals surface area contributed by atoms with Gasteiger partial charge in [0.05, 0.1) is 23.0 Å². The lowest BCUT2D eigenvalue weighted by Gasteiger charge is -2.17. The highest BCUT2D eigenvalue weighted by molar-refractivity contribution is 5.97. The number of hydrogen-bond acceptors (Lipinski definition) is 3. The zero-order valence-corrected chi connectivity index (χ0v) is 18.5. The predicted molar refractivity (Wildman–Crippen MR) is 118 cm³/mol. The number of carbonyl (C=O) groups is 1. The largest absolute Gasteiger partial charge is 0.507 e. The van der Waals surface area contributed by atoms with E-state index in [4.69, 9.17) is 5.11 Å². The van der Waals surface area contributed by atoms with E-state index in [0.717, 1.165) is 16.8 Å². The molecule has 1 heterocycles. The fraction of sp³-hybridized carbons (Fsp3) is 0.200. The first-order chi connectivity index (χ1) is 16.4. The summed E-state index contributed by atoms with van der Waals surface area (Å²) < 4.78 is 72.6. The molecule has 4 aromatic rings. The normalized spacial score (nSPS) is 11.9. The minimum Gasteiger partial charge on any atom is -0.507 e. The zero-order valence-electron chi connectivity index (χ0n) is 18.5. The first-order valence-electron chi connectivity index (χ1n) is 10.5. The maximum atomic E-state index is 15.2. The van der Waals surface area contributed by atoms with Gasteiger partial charge in [-0.15, -0.1) is 0 Å². The van der Waals surface area contributed by atoms with Crippen molar-refractivity contribution in [3.63, 3.8) is 0 Å².